The van der Waals surface area contributed by atoms with Crippen molar-refractivity contribution in [3.8, 4) is 0 Å². The number of nitrogens with zero attached hydrogens (tertiary/aromatic N) is 4. The predicted octanol–water partition coefficient (Wildman–Crippen LogP) is 2.74. The lowest BCUT2D eigenvalue weighted by Gasteiger charge is -2.22. The monoisotopic (exact) mass is 413 g/mol. The van der Waals surface area contributed by atoms with Gasteiger partial charge in [-0.25, -0.2) is 4.98 Å². The summed E-state index contributed by atoms with van der Waals surface area (Å²) in [6.07, 6.45) is 0. The normalized spacial score (nSPS) is 9.82. The van der Waals surface area contributed by atoms with E-state index in [-0.39, 0.29) is 24.0 Å². The largest absolute Gasteiger partial charge is 0.368 e. The summed E-state index contributed by atoms with van der Waals surface area (Å²) >= 11 is 0. The van der Waals surface area contributed by atoms with E-state index < -0.39 is 0 Å². The summed E-state index contributed by atoms with van der Waals surface area (Å²) in [5, 5.41) is 4.47. The zero-order chi connectivity index (χ0) is 15.2. The number of benzene rings is 1. The Bertz CT molecular complexity index is 615. The first-order valence-electron chi connectivity index (χ1n) is 7.06. The number of aromatic nitrogens is 1. The smallest absolute Gasteiger partial charge is 0.195 e. The average molecular weight is 413 g/mol. The molecule has 0 aliphatic rings. The van der Waals surface area contributed by atoms with Crippen molar-refractivity contribution in [1.82, 2.24) is 14.8 Å². The van der Waals surface area contributed by atoms with Crippen LogP contribution in [-0.4, -0.2) is 62.0 Å². The van der Waals surface area contributed by atoms with Crippen LogP contribution in [0.25, 0.3) is 10.9 Å². The van der Waals surface area contributed by atoms with E-state index in [0.717, 1.165) is 29.2 Å². The lowest BCUT2D eigenvalue weighted by atomic mass is 10.2. The number of rotatable bonds is 4. The van der Waals surface area contributed by atoms with E-state index in [1.54, 1.807) is 0 Å². The Hall–Kier alpha value is -1.57. The lowest BCUT2D eigenvalue weighted by molar-refractivity contribution is 0.480. The van der Waals surface area contributed by atoms with Crippen LogP contribution in [0.15, 0.2) is 41.4 Å². The zero-order valence-electron chi connectivity index (χ0n) is 13.6. The van der Waals surface area contributed by atoms with Gasteiger partial charge in [-0.2, -0.15) is 0 Å². The molecule has 0 aliphatic heterocycles. The van der Waals surface area contributed by atoms with Crippen molar-refractivity contribution in [3.05, 3.63) is 36.4 Å². The second-order valence-electron chi connectivity index (χ2n) is 5.29. The highest BCUT2D eigenvalue weighted by molar-refractivity contribution is 14.0. The maximum absolute atomic E-state index is 4.58. The second kappa shape index (κ2) is 8.77. The number of hydrogen-bond acceptors (Lipinski definition) is 3. The highest BCUT2D eigenvalue weighted by atomic mass is 127. The summed E-state index contributed by atoms with van der Waals surface area (Å²) in [5.41, 5.74) is 1.01. The van der Waals surface area contributed by atoms with Gasteiger partial charge in [0.25, 0.3) is 0 Å². The molecule has 0 radical (unpaired) electrons. The van der Waals surface area contributed by atoms with E-state index in [1.807, 2.05) is 62.3 Å². The number of guanidine groups is 1. The molecule has 1 N–H and O–H groups in total. The number of fused-ring (bicyclic) bond motifs is 1. The molecule has 0 spiro atoms. The molecule has 22 heavy (non-hydrogen) atoms. The fourth-order valence-electron chi connectivity index (χ4n) is 2.19. The Kier molecular flexibility index (Phi) is 7.37. The Morgan fingerprint density at radius 2 is 1.73 bits per heavy atom. The fourth-order valence-corrected chi connectivity index (χ4v) is 2.19. The van der Waals surface area contributed by atoms with E-state index in [9.17, 15) is 0 Å². The van der Waals surface area contributed by atoms with Gasteiger partial charge in [-0.1, -0.05) is 18.2 Å². The fraction of sp³-hybridized carbons (Fsp3) is 0.375. The summed E-state index contributed by atoms with van der Waals surface area (Å²) < 4.78 is 0. The Balaban J connectivity index is 0.00000242. The van der Waals surface area contributed by atoms with E-state index >= 15 is 0 Å². The van der Waals surface area contributed by atoms with E-state index in [4.69, 9.17) is 0 Å². The van der Waals surface area contributed by atoms with Crippen molar-refractivity contribution in [2.45, 2.75) is 0 Å². The molecule has 0 unspecified atom stereocenters. The van der Waals surface area contributed by atoms with Crippen molar-refractivity contribution < 1.29 is 0 Å². The number of nitrogens with one attached hydrogen (secondary N) is 1. The maximum atomic E-state index is 4.58. The predicted molar refractivity (Wildman–Crippen MR) is 105 cm³/mol. The van der Waals surface area contributed by atoms with Crippen molar-refractivity contribution in [2.24, 2.45) is 4.99 Å². The van der Waals surface area contributed by atoms with E-state index in [2.05, 4.69) is 27.4 Å². The third-order valence-corrected chi connectivity index (χ3v) is 3.07. The van der Waals surface area contributed by atoms with Crippen LogP contribution in [0.4, 0.5) is 5.82 Å². The third-order valence-electron chi connectivity index (χ3n) is 3.07. The minimum atomic E-state index is 0. The van der Waals surface area contributed by atoms with Crippen LogP contribution >= 0.6 is 24.0 Å². The number of anilines is 1. The molecule has 0 saturated carbocycles. The molecule has 2 aromatic rings. The number of aliphatic imine (C=N–C) groups is 1. The molecule has 0 bridgehead atoms. The van der Waals surface area contributed by atoms with Gasteiger partial charge in [0.2, 0.25) is 0 Å². The number of hydrogen-bond donors (Lipinski definition) is 1. The van der Waals surface area contributed by atoms with Crippen LogP contribution in [0.1, 0.15) is 0 Å². The maximum Gasteiger partial charge on any atom is 0.195 e. The minimum absolute atomic E-state index is 0. The van der Waals surface area contributed by atoms with Gasteiger partial charge in [0.15, 0.2) is 5.96 Å². The SMILES string of the molecule is CN(C)C(=NCCNc1ccc2ccccc2n1)N(C)C.I. The van der Waals surface area contributed by atoms with Crippen LogP contribution in [-0.2, 0) is 0 Å². The standard InChI is InChI=1S/C16H23N5.HI/c1-20(2)16(21(3)4)18-12-11-17-15-10-9-13-7-5-6-8-14(13)19-15;/h5-10H,11-12H2,1-4H3,(H,17,19);1H. The molecular weight excluding hydrogens is 389 g/mol. The summed E-state index contributed by atoms with van der Waals surface area (Å²) in [7, 11) is 7.99. The van der Waals surface area contributed by atoms with Crippen molar-refractivity contribution >= 4 is 46.7 Å². The van der Waals surface area contributed by atoms with Gasteiger partial charge in [-0.05, 0) is 18.2 Å². The molecule has 1 heterocycles. The molecular formula is C16H24IN5. The zero-order valence-corrected chi connectivity index (χ0v) is 15.9. The van der Waals surface area contributed by atoms with Gasteiger partial charge in [0.05, 0.1) is 12.1 Å². The first-order chi connectivity index (χ1) is 10.1. The van der Waals surface area contributed by atoms with Crippen LogP contribution in [0.5, 0.6) is 0 Å². The van der Waals surface area contributed by atoms with Crippen LogP contribution in [0.2, 0.25) is 0 Å². The molecule has 6 heteroatoms. The molecule has 1 aromatic carbocycles. The second-order valence-corrected chi connectivity index (χ2v) is 5.29. The van der Waals surface area contributed by atoms with Crippen molar-refractivity contribution in [2.75, 3.05) is 46.6 Å². The molecule has 0 amide bonds. The molecule has 120 valence electrons. The van der Waals surface area contributed by atoms with Crippen molar-refractivity contribution in [1.29, 1.82) is 0 Å². The first kappa shape index (κ1) is 18.5. The lowest BCUT2D eigenvalue weighted by Crippen LogP contribution is -2.35. The van der Waals surface area contributed by atoms with E-state index in [0.29, 0.717) is 6.54 Å². The van der Waals surface area contributed by atoms with Gasteiger partial charge >= 0.3 is 0 Å². The van der Waals surface area contributed by atoms with Gasteiger partial charge in [0.1, 0.15) is 5.82 Å². The highest BCUT2D eigenvalue weighted by Crippen LogP contribution is 2.14. The van der Waals surface area contributed by atoms with Gasteiger partial charge in [-0.15, -0.1) is 24.0 Å². The summed E-state index contributed by atoms with van der Waals surface area (Å²) in [6.45, 7) is 1.47. The number of halogens is 1. The Morgan fingerprint density at radius 3 is 2.41 bits per heavy atom. The van der Waals surface area contributed by atoms with Gasteiger partial charge in [-0.3, -0.25) is 4.99 Å². The van der Waals surface area contributed by atoms with Crippen LogP contribution in [0, 0.1) is 0 Å². The van der Waals surface area contributed by atoms with Gasteiger partial charge < -0.3 is 15.1 Å². The van der Waals surface area contributed by atoms with Crippen LogP contribution in [0.3, 0.4) is 0 Å². The number of pyridine rings is 1. The first-order valence-corrected chi connectivity index (χ1v) is 7.06. The molecule has 2 rings (SSSR count). The Labute approximate surface area is 149 Å². The number of para-hydroxylation sites is 1. The molecule has 0 fully saturated rings. The highest BCUT2D eigenvalue weighted by Gasteiger charge is 2.03. The summed E-state index contributed by atoms with van der Waals surface area (Å²) in [6, 6.07) is 12.2. The summed E-state index contributed by atoms with van der Waals surface area (Å²) in [5.74, 6) is 1.85. The molecule has 5 nitrogen and oxygen atoms in total. The Morgan fingerprint density at radius 1 is 1.05 bits per heavy atom. The van der Waals surface area contributed by atoms with Gasteiger partial charge in [0, 0.05) is 40.1 Å². The quantitative estimate of drug-likeness (QED) is 0.363. The van der Waals surface area contributed by atoms with Crippen LogP contribution < -0.4 is 5.32 Å². The molecule has 1 aromatic heterocycles. The van der Waals surface area contributed by atoms with E-state index in [1.165, 1.54) is 0 Å². The minimum Gasteiger partial charge on any atom is -0.368 e. The topological polar surface area (TPSA) is 43.8 Å². The average Bonchev–Trinajstić information content (AvgIpc) is 2.46. The molecule has 0 aliphatic carbocycles. The van der Waals surface area contributed by atoms with Crippen molar-refractivity contribution in [3.63, 3.8) is 0 Å². The third kappa shape index (κ3) is 5.01. The molecule has 0 saturated heterocycles. The molecule has 0 atom stereocenters. The summed E-state index contributed by atoms with van der Waals surface area (Å²) in [4.78, 5) is 13.2.